The minimum Gasteiger partial charge on any atom is -0.481 e. The Morgan fingerprint density at radius 1 is 1.21 bits per heavy atom. The van der Waals surface area contributed by atoms with Crippen molar-refractivity contribution in [3.63, 3.8) is 0 Å². The van der Waals surface area contributed by atoms with E-state index >= 15 is 0 Å². The van der Waals surface area contributed by atoms with Crippen LogP contribution in [0.5, 0.6) is 11.9 Å². The van der Waals surface area contributed by atoms with Crippen LogP contribution in [0.4, 0.5) is 0 Å². The summed E-state index contributed by atoms with van der Waals surface area (Å²) >= 11 is 5.96. The second-order valence-corrected chi connectivity index (χ2v) is 3.10. The average Bonchev–Trinajstić information content (AvgIpc) is 2.20. The summed E-state index contributed by atoms with van der Waals surface area (Å²) in [4.78, 5) is 8.02. The quantitative estimate of drug-likeness (QED) is 0.723. The van der Waals surface area contributed by atoms with Crippen molar-refractivity contribution in [2.24, 2.45) is 0 Å². The molecule has 0 spiro atoms. The first-order chi connectivity index (χ1) is 6.72. The summed E-state index contributed by atoms with van der Waals surface area (Å²) in [5.74, 6) is 0.490. The molecule has 0 N–H and O–H groups in total. The van der Waals surface area contributed by atoms with Crippen LogP contribution in [0.1, 0.15) is 18.9 Å². The third kappa shape index (κ3) is 2.26. The number of aromatic nitrogens is 2. The van der Waals surface area contributed by atoms with E-state index in [1.165, 1.54) is 7.11 Å². The van der Waals surface area contributed by atoms with Crippen molar-refractivity contribution >= 4 is 11.6 Å². The lowest BCUT2D eigenvalue weighted by molar-refractivity contribution is 0.348. The topological polar surface area (TPSA) is 44.2 Å². The molecular formula is C9H13ClN2O2. The molecular weight excluding hydrogens is 204 g/mol. The van der Waals surface area contributed by atoms with Gasteiger partial charge in [-0.05, 0) is 6.42 Å². The predicted molar refractivity (Wildman–Crippen MR) is 54.1 cm³/mol. The van der Waals surface area contributed by atoms with Crippen molar-refractivity contribution in [2.75, 3.05) is 14.2 Å². The van der Waals surface area contributed by atoms with Crippen molar-refractivity contribution in [1.82, 2.24) is 9.97 Å². The summed E-state index contributed by atoms with van der Waals surface area (Å²) in [5.41, 5.74) is 0.831. The van der Waals surface area contributed by atoms with Gasteiger partial charge >= 0.3 is 6.01 Å². The highest BCUT2D eigenvalue weighted by Crippen LogP contribution is 2.26. The molecule has 14 heavy (non-hydrogen) atoms. The lowest BCUT2D eigenvalue weighted by Gasteiger charge is -2.08. The fourth-order valence-electron chi connectivity index (χ4n) is 1.14. The van der Waals surface area contributed by atoms with Crippen molar-refractivity contribution in [2.45, 2.75) is 19.8 Å². The monoisotopic (exact) mass is 216 g/mol. The predicted octanol–water partition coefficient (Wildman–Crippen LogP) is 2.10. The van der Waals surface area contributed by atoms with E-state index in [4.69, 9.17) is 21.1 Å². The Labute approximate surface area is 88.2 Å². The Bertz CT molecular complexity index is 318. The maximum atomic E-state index is 5.96. The van der Waals surface area contributed by atoms with Crippen LogP contribution in [0.15, 0.2) is 0 Å². The number of hydrogen-bond donors (Lipinski definition) is 0. The van der Waals surface area contributed by atoms with Gasteiger partial charge in [-0.3, -0.25) is 0 Å². The third-order valence-electron chi connectivity index (χ3n) is 1.77. The van der Waals surface area contributed by atoms with Gasteiger partial charge in [0.1, 0.15) is 5.15 Å². The normalized spacial score (nSPS) is 10.0. The number of rotatable bonds is 4. The molecule has 0 aromatic carbocycles. The molecule has 1 aromatic heterocycles. The van der Waals surface area contributed by atoms with Crippen molar-refractivity contribution in [1.29, 1.82) is 0 Å². The molecule has 1 rings (SSSR count). The second kappa shape index (κ2) is 5.00. The number of ether oxygens (including phenoxy) is 2. The molecule has 78 valence electrons. The molecule has 0 atom stereocenters. The molecule has 0 aliphatic carbocycles. The fourth-order valence-corrected chi connectivity index (χ4v) is 1.39. The van der Waals surface area contributed by atoms with E-state index in [0.29, 0.717) is 11.0 Å². The first-order valence-electron chi connectivity index (χ1n) is 4.37. The van der Waals surface area contributed by atoms with E-state index < -0.39 is 0 Å². The summed E-state index contributed by atoms with van der Waals surface area (Å²) in [5, 5.41) is 0.399. The van der Waals surface area contributed by atoms with Crippen LogP contribution in [-0.4, -0.2) is 24.2 Å². The van der Waals surface area contributed by atoms with Gasteiger partial charge in [0.2, 0.25) is 5.88 Å². The number of nitrogens with zero attached hydrogens (tertiary/aromatic N) is 2. The first-order valence-corrected chi connectivity index (χ1v) is 4.75. The molecule has 1 heterocycles. The summed E-state index contributed by atoms with van der Waals surface area (Å²) in [7, 11) is 3.04. The molecule has 4 nitrogen and oxygen atoms in total. The van der Waals surface area contributed by atoms with Crippen LogP contribution >= 0.6 is 11.6 Å². The summed E-state index contributed by atoms with van der Waals surface area (Å²) in [6.45, 7) is 2.06. The maximum absolute atomic E-state index is 5.96. The van der Waals surface area contributed by atoms with E-state index in [1.54, 1.807) is 7.11 Å². The van der Waals surface area contributed by atoms with Gasteiger partial charge < -0.3 is 9.47 Å². The van der Waals surface area contributed by atoms with Crippen LogP contribution in [0.2, 0.25) is 5.15 Å². The molecule has 0 amide bonds. The van der Waals surface area contributed by atoms with Gasteiger partial charge in [-0.15, -0.1) is 0 Å². The third-order valence-corrected chi connectivity index (χ3v) is 2.09. The molecule has 0 aliphatic heterocycles. The molecule has 5 heteroatoms. The summed E-state index contributed by atoms with van der Waals surface area (Å²) in [6, 6.07) is 0.228. The summed E-state index contributed by atoms with van der Waals surface area (Å²) in [6.07, 6.45) is 1.76. The Kier molecular flexibility index (Phi) is 3.95. The molecule has 0 fully saturated rings. The maximum Gasteiger partial charge on any atom is 0.320 e. The summed E-state index contributed by atoms with van der Waals surface area (Å²) < 4.78 is 9.99. The molecule has 1 aromatic rings. The molecule has 0 saturated carbocycles. The van der Waals surface area contributed by atoms with E-state index in [-0.39, 0.29) is 6.01 Å². The molecule has 0 aliphatic rings. The number of halogens is 1. The van der Waals surface area contributed by atoms with Gasteiger partial charge in [-0.2, -0.15) is 9.97 Å². The van der Waals surface area contributed by atoms with Crippen LogP contribution in [-0.2, 0) is 6.42 Å². The van der Waals surface area contributed by atoms with E-state index in [1.807, 2.05) is 0 Å². The van der Waals surface area contributed by atoms with Crippen molar-refractivity contribution in [3.8, 4) is 11.9 Å². The molecule has 0 bridgehead atoms. The fraction of sp³-hybridized carbons (Fsp3) is 0.556. The zero-order valence-electron chi connectivity index (χ0n) is 8.50. The van der Waals surface area contributed by atoms with Gasteiger partial charge in [0.15, 0.2) is 0 Å². The van der Waals surface area contributed by atoms with Crippen LogP contribution in [0.3, 0.4) is 0 Å². The van der Waals surface area contributed by atoms with Gasteiger partial charge in [-0.25, -0.2) is 0 Å². The number of methoxy groups -OCH3 is 2. The lowest BCUT2D eigenvalue weighted by Crippen LogP contribution is -2.01. The molecule has 0 unspecified atom stereocenters. The van der Waals surface area contributed by atoms with Crippen LogP contribution < -0.4 is 9.47 Å². The smallest absolute Gasteiger partial charge is 0.320 e. The zero-order chi connectivity index (χ0) is 10.6. The minimum absolute atomic E-state index is 0.228. The second-order valence-electron chi connectivity index (χ2n) is 2.74. The Morgan fingerprint density at radius 3 is 2.43 bits per heavy atom. The highest BCUT2D eigenvalue weighted by Gasteiger charge is 2.12. The van der Waals surface area contributed by atoms with E-state index in [9.17, 15) is 0 Å². The number of hydrogen-bond acceptors (Lipinski definition) is 4. The lowest BCUT2D eigenvalue weighted by atomic mass is 10.2. The Morgan fingerprint density at radius 2 is 1.93 bits per heavy atom. The van der Waals surface area contributed by atoms with Gasteiger partial charge in [-0.1, -0.05) is 24.9 Å². The molecule has 0 saturated heterocycles. The minimum atomic E-state index is 0.228. The largest absolute Gasteiger partial charge is 0.481 e. The zero-order valence-corrected chi connectivity index (χ0v) is 9.26. The van der Waals surface area contributed by atoms with E-state index in [2.05, 4.69) is 16.9 Å². The Balaban J connectivity index is 3.13. The van der Waals surface area contributed by atoms with Gasteiger partial charge in [0.05, 0.1) is 19.8 Å². The van der Waals surface area contributed by atoms with Crippen molar-refractivity contribution in [3.05, 3.63) is 10.7 Å². The highest BCUT2D eigenvalue weighted by molar-refractivity contribution is 6.30. The van der Waals surface area contributed by atoms with Crippen LogP contribution in [0, 0.1) is 0 Å². The average molecular weight is 217 g/mol. The van der Waals surface area contributed by atoms with Crippen LogP contribution in [0.25, 0.3) is 0 Å². The van der Waals surface area contributed by atoms with E-state index in [0.717, 1.165) is 18.4 Å². The van der Waals surface area contributed by atoms with Gasteiger partial charge in [0.25, 0.3) is 0 Å². The standard InChI is InChI=1S/C9H13ClN2O2/c1-4-5-6-7(10)11-9(14-3)12-8(6)13-2/h4-5H2,1-3H3. The highest BCUT2D eigenvalue weighted by atomic mass is 35.5. The first kappa shape index (κ1) is 11.0. The van der Waals surface area contributed by atoms with Gasteiger partial charge in [0, 0.05) is 0 Å². The SMILES string of the molecule is CCCc1c(Cl)nc(OC)nc1OC. The van der Waals surface area contributed by atoms with Crippen molar-refractivity contribution < 1.29 is 9.47 Å². The molecule has 0 radical (unpaired) electrons. The Hall–Kier alpha value is -1.03.